The lowest BCUT2D eigenvalue weighted by Crippen LogP contribution is -2.47. The number of carbonyl (C=O) groups is 1. The summed E-state index contributed by atoms with van der Waals surface area (Å²) in [6.45, 7) is 2.14. The summed E-state index contributed by atoms with van der Waals surface area (Å²) >= 11 is 0. The van der Waals surface area contributed by atoms with Crippen molar-refractivity contribution in [2.45, 2.75) is 50.1 Å². The van der Waals surface area contributed by atoms with E-state index in [-0.39, 0.29) is 5.92 Å². The molecule has 114 valence electrons. The van der Waals surface area contributed by atoms with Crippen LogP contribution in [0.1, 0.15) is 43.8 Å². The van der Waals surface area contributed by atoms with Gasteiger partial charge in [-0.2, -0.15) is 0 Å². The average molecular weight is 288 g/mol. The van der Waals surface area contributed by atoms with Crippen LogP contribution in [0.25, 0.3) is 0 Å². The van der Waals surface area contributed by atoms with Crippen LogP contribution in [0.2, 0.25) is 0 Å². The van der Waals surface area contributed by atoms with E-state index in [9.17, 15) is 4.79 Å². The predicted octanol–water partition coefficient (Wildman–Crippen LogP) is 2.47. The first-order valence-electron chi connectivity index (χ1n) is 8.30. The fourth-order valence-corrected chi connectivity index (χ4v) is 4.39. The Balaban J connectivity index is 1.44. The van der Waals surface area contributed by atoms with Crippen LogP contribution in [0.4, 0.5) is 0 Å². The van der Waals surface area contributed by atoms with Gasteiger partial charge in [0.2, 0.25) is 5.91 Å². The molecule has 0 bridgehead atoms. The van der Waals surface area contributed by atoms with Crippen molar-refractivity contribution in [1.82, 2.24) is 9.80 Å². The Morgan fingerprint density at radius 1 is 1.24 bits per heavy atom. The van der Waals surface area contributed by atoms with Crippen molar-refractivity contribution in [3.8, 4) is 0 Å². The first-order valence-corrected chi connectivity index (χ1v) is 8.30. The average Bonchev–Trinajstić information content (AvgIpc) is 2.94. The second-order valence-corrected chi connectivity index (χ2v) is 6.90. The molecule has 3 aliphatic rings. The quantitative estimate of drug-likeness (QED) is 0.857. The largest absolute Gasteiger partial charge is 0.469 e. The maximum atomic E-state index is 12.9. The van der Waals surface area contributed by atoms with Crippen LogP contribution < -0.4 is 0 Å². The van der Waals surface area contributed by atoms with E-state index in [4.69, 9.17) is 4.42 Å². The molecule has 0 unspecified atom stereocenters. The summed E-state index contributed by atoms with van der Waals surface area (Å²) in [6.07, 6.45) is 7.55. The van der Waals surface area contributed by atoms with E-state index >= 15 is 0 Å². The molecule has 4 rings (SSSR count). The van der Waals surface area contributed by atoms with Gasteiger partial charge in [-0.3, -0.25) is 4.79 Å². The first kappa shape index (κ1) is 13.4. The smallest absolute Gasteiger partial charge is 0.226 e. The Morgan fingerprint density at radius 2 is 2.05 bits per heavy atom. The molecule has 1 aromatic rings. The van der Waals surface area contributed by atoms with Gasteiger partial charge >= 0.3 is 0 Å². The molecule has 0 radical (unpaired) electrons. The molecule has 0 N–H and O–H groups in total. The lowest BCUT2D eigenvalue weighted by Gasteiger charge is -2.33. The molecule has 1 amide bonds. The van der Waals surface area contributed by atoms with Gasteiger partial charge in [0, 0.05) is 30.5 Å². The van der Waals surface area contributed by atoms with E-state index in [2.05, 4.69) is 16.8 Å². The highest BCUT2D eigenvalue weighted by atomic mass is 16.3. The minimum atomic E-state index is 0.170. The third-order valence-corrected chi connectivity index (χ3v) is 5.62. The van der Waals surface area contributed by atoms with E-state index in [1.807, 2.05) is 12.1 Å². The van der Waals surface area contributed by atoms with Gasteiger partial charge in [0.15, 0.2) is 0 Å². The molecule has 3 fully saturated rings. The molecule has 2 aliphatic heterocycles. The minimum Gasteiger partial charge on any atom is -0.469 e. The predicted molar refractivity (Wildman–Crippen MR) is 79.9 cm³/mol. The Labute approximate surface area is 126 Å². The highest BCUT2D eigenvalue weighted by Crippen LogP contribution is 2.49. The summed E-state index contributed by atoms with van der Waals surface area (Å²) in [5.74, 6) is 1.86. The number of carbonyl (C=O) groups excluding carboxylic acids is 1. The lowest BCUT2D eigenvalue weighted by molar-refractivity contribution is -0.134. The normalized spacial score (nSPS) is 36.3. The van der Waals surface area contributed by atoms with Crippen molar-refractivity contribution in [1.29, 1.82) is 0 Å². The van der Waals surface area contributed by atoms with Crippen LogP contribution in [0, 0.1) is 5.92 Å². The number of hydrogen-bond acceptors (Lipinski definition) is 3. The molecular formula is C17H24N2O2. The summed E-state index contributed by atoms with van der Waals surface area (Å²) in [5, 5.41) is 0. The molecule has 2 saturated heterocycles. The van der Waals surface area contributed by atoms with E-state index < -0.39 is 0 Å². The molecule has 0 spiro atoms. The van der Waals surface area contributed by atoms with Crippen molar-refractivity contribution in [2.24, 2.45) is 5.92 Å². The monoisotopic (exact) mass is 288 g/mol. The molecular weight excluding hydrogens is 264 g/mol. The second kappa shape index (κ2) is 5.16. The zero-order valence-corrected chi connectivity index (χ0v) is 12.7. The SMILES string of the molecule is CN1CCC[C@@H]1[C@@H]1CCCN1C(=O)[C@@H]1C[C@@H]1c1ccco1. The maximum absolute atomic E-state index is 12.9. The molecule has 4 atom stereocenters. The number of amides is 1. The highest BCUT2D eigenvalue weighted by Gasteiger charge is 2.50. The highest BCUT2D eigenvalue weighted by molar-refractivity contribution is 5.83. The number of hydrogen-bond donors (Lipinski definition) is 0. The summed E-state index contributed by atoms with van der Waals surface area (Å²) in [7, 11) is 2.21. The van der Waals surface area contributed by atoms with Gasteiger partial charge in [0.25, 0.3) is 0 Å². The van der Waals surface area contributed by atoms with Crippen molar-refractivity contribution in [3.63, 3.8) is 0 Å². The summed E-state index contributed by atoms with van der Waals surface area (Å²) in [5.41, 5.74) is 0. The van der Waals surface area contributed by atoms with E-state index in [1.165, 1.54) is 32.2 Å². The van der Waals surface area contributed by atoms with Gasteiger partial charge in [0.05, 0.1) is 6.26 Å². The van der Waals surface area contributed by atoms with E-state index in [1.54, 1.807) is 6.26 Å². The van der Waals surface area contributed by atoms with Gasteiger partial charge in [-0.1, -0.05) is 0 Å². The standard InChI is InChI=1S/C17H24N2O2/c1-18-8-2-5-14(18)15-6-3-9-19(15)17(20)13-11-12(13)16-7-4-10-21-16/h4,7,10,12-15H,2-3,5-6,8-9,11H2,1H3/t12-,13+,14+,15-/m0/s1. The zero-order valence-electron chi connectivity index (χ0n) is 12.7. The third kappa shape index (κ3) is 2.30. The van der Waals surface area contributed by atoms with Crippen LogP contribution in [-0.2, 0) is 4.79 Å². The third-order valence-electron chi connectivity index (χ3n) is 5.62. The van der Waals surface area contributed by atoms with Crippen LogP contribution >= 0.6 is 0 Å². The number of likely N-dealkylation sites (N-methyl/N-ethyl adjacent to an activating group) is 1. The van der Waals surface area contributed by atoms with Crippen molar-refractivity contribution in [3.05, 3.63) is 24.2 Å². The Hall–Kier alpha value is -1.29. The minimum absolute atomic E-state index is 0.170. The molecule has 1 saturated carbocycles. The number of rotatable bonds is 3. The molecule has 4 heteroatoms. The fraction of sp³-hybridized carbons (Fsp3) is 0.706. The molecule has 21 heavy (non-hydrogen) atoms. The summed E-state index contributed by atoms with van der Waals surface area (Å²) < 4.78 is 5.47. The van der Waals surface area contributed by atoms with Crippen molar-refractivity contribution in [2.75, 3.05) is 20.1 Å². The molecule has 3 heterocycles. The number of likely N-dealkylation sites (tertiary alicyclic amines) is 2. The van der Waals surface area contributed by atoms with Crippen LogP contribution in [0.5, 0.6) is 0 Å². The van der Waals surface area contributed by atoms with Crippen LogP contribution in [0.3, 0.4) is 0 Å². The van der Waals surface area contributed by atoms with Gasteiger partial charge < -0.3 is 14.2 Å². The maximum Gasteiger partial charge on any atom is 0.226 e. The topological polar surface area (TPSA) is 36.7 Å². The van der Waals surface area contributed by atoms with Gasteiger partial charge in [-0.25, -0.2) is 0 Å². The zero-order chi connectivity index (χ0) is 14.4. The van der Waals surface area contributed by atoms with Gasteiger partial charge in [-0.05, 0) is 57.8 Å². The lowest BCUT2D eigenvalue weighted by atomic mass is 10.0. The summed E-state index contributed by atoms with van der Waals surface area (Å²) in [4.78, 5) is 17.5. The number of furan rings is 1. The second-order valence-electron chi connectivity index (χ2n) is 6.90. The fourth-order valence-electron chi connectivity index (χ4n) is 4.39. The Morgan fingerprint density at radius 3 is 2.76 bits per heavy atom. The number of nitrogens with zero attached hydrogens (tertiary/aromatic N) is 2. The van der Waals surface area contributed by atoms with Crippen molar-refractivity contribution >= 4 is 5.91 Å². The summed E-state index contributed by atoms with van der Waals surface area (Å²) in [6, 6.07) is 4.95. The van der Waals surface area contributed by atoms with Gasteiger partial charge in [0.1, 0.15) is 5.76 Å². The van der Waals surface area contributed by atoms with E-state index in [0.717, 1.165) is 18.7 Å². The Kier molecular flexibility index (Phi) is 3.29. The Bertz CT molecular complexity index is 513. The van der Waals surface area contributed by atoms with Gasteiger partial charge in [-0.15, -0.1) is 0 Å². The van der Waals surface area contributed by atoms with Crippen LogP contribution in [-0.4, -0.2) is 47.9 Å². The van der Waals surface area contributed by atoms with E-state index in [0.29, 0.717) is 23.9 Å². The molecule has 1 aliphatic carbocycles. The molecule has 0 aromatic carbocycles. The van der Waals surface area contributed by atoms with Crippen LogP contribution in [0.15, 0.2) is 22.8 Å². The molecule has 4 nitrogen and oxygen atoms in total. The van der Waals surface area contributed by atoms with Crippen molar-refractivity contribution < 1.29 is 9.21 Å². The molecule has 1 aromatic heterocycles. The first-order chi connectivity index (χ1) is 10.3.